The standard InChI is InChI=1S/C21H20N4O3/c1-14-11-17(26)12-19(28-14)20(27)23-16-8-10-25(13-16)21-22-9-7-18(24-21)15-5-3-2-4-6-15/h2-7,9,11-12,16H,8,10,13H2,1H3,(H,23,27). The van der Waals surface area contributed by atoms with E-state index in [4.69, 9.17) is 4.42 Å². The van der Waals surface area contributed by atoms with E-state index in [1.165, 1.54) is 12.1 Å². The predicted molar refractivity (Wildman–Crippen MR) is 105 cm³/mol. The van der Waals surface area contributed by atoms with Crippen LogP contribution < -0.4 is 15.6 Å². The minimum atomic E-state index is -0.383. The Morgan fingerprint density at radius 1 is 1.21 bits per heavy atom. The third-order valence-electron chi connectivity index (χ3n) is 4.63. The van der Waals surface area contributed by atoms with Crippen molar-refractivity contribution in [1.82, 2.24) is 15.3 Å². The van der Waals surface area contributed by atoms with Gasteiger partial charge >= 0.3 is 0 Å². The van der Waals surface area contributed by atoms with Crippen LogP contribution in [0.15, 0.2) is 63.9 Å². The number of aromatic nitrogens is 2. The molecule has 0 spiro atoms. The van der Waals surface area contributed by atoms with Gasteiger partial charge in [0.05, 0.1) is 5.69 Å². The molecule has 2 aromatic heterocycles. The highest BCUT2D eigenvalue weighted by Gasteiger charge is 2.27. The molecule has 7 heteroatoms. The van der Waals surface area contributed by atoms with Crippen molar-refractivity contribution in [3.05, 3.63) is 76.5 Å². The van der Waals surface area contributed by atoms with Crippen molar-refractivity contribution in [2.75, 3.05) is 18.0 Å². The van der Waals surface area contributed by atoms with Gasteiger partial charge in [-0.15, -0.1) is 0 Å². The van der Waals surface area contributed by atoms with Crippen LogP contribution in [-0.4, -0.2) is 35.0 Å². The normalized spacial score (nSPS) is 16.2. The van der Waals surface area contributed by atoms with Crippen LogP contribution in [0.4, 0.5) is 5.95 Å². The first kappa shape index (κ1) is 17.9. The SMILES string of the molecule is Cc1cc(=O)cc(C(=O)NC2CCN(c3nccc(-c4ccccc4)n3)C2)o1. The lowest BCUT2D eigenvalue weighted by molar-refractivity contribution is 0.0908. The number of carbonyl (C=O) groups is 1. The van der Waals surface area contributed by atoms with Crippen molar-refractivity contribution in [3.63, 3.8) is 0 Å². The van der Waals surface area contributed by atoms with Gasteiger partial charge in [0.25, 0.3) is 5.91 Å². The molecule has 1 unspecified atom stereocenters. The van der Waals surface area contributed by atoms with E-state index in [9.17, 15) is 9.59 Å². The molecule has 1 amide bonds. The molecule has 142 valence electrons. The van der Waals surface area contributed by atoms with Crippen LogP contribution >= 0.6 is 0 Å². The van der Waals surface area contributed by atoms with E-state index >= 15 is 0 Å². The summed E-state index contributed by atoms with van der Waals surface area (Å²) in [6.07, 6.45) is 2.51. The number of hydrogen-bond donors (Lipinski definition) is 1. The molecule has 1 fully saturated rings. The number of aryl methyl sites for hydroxylation is 1. The molecule has 1 aromatic carbocycles. The second kappa shape index (κ2) is 7.64. The molecule has 0 saturated carbocycles. The highest BCUT2D eigenvalue weighted by atomic mass is 16.3. The molecule has 3 heterocycles. The molecule has 1 atom stereocenters. The summed E-state index contributed by atoms with van der Waals surface area (Å²) in [4.78, 5) is 35.1. The van der Waals surface area contributed by atoms with Crippen LogP contribution in [0.3, 0.4) is 0 Å². The zero-order valence-corrected chi connectivity index (χ0v) is 15.5. The van der Waals surface area contributed by atoms with E-state index in [1.807, 2.05) is 41.3 Å². The van der Waals surface area contributed by atoms with E-state index in [-0.39, 0.29) is 23.1 Å². The van der Waals surface area contributed by atoms with E-state index in [1.54, 1.807) is 13.1 Å². The topological polar surface area (TPSA) is 88.3 Å². The van der Waals surface area contributed by atoms with Crippen molar-refractivity contribution < 1.29 is 9.21 Å². The lowest BCUT2D eigenvalue weighted by Crippen LogP contribution is -2.37. The first-order chi connectivity index (χ1) is 13.6. The number of benzene rings is 1. The van der Waals surface area contributed by atoms with E-state index in [2.05, 4.69) is 15.3 Å². The zero-order chi connectivity index (χ0) is 19.5. The summed E-state index contributed by atoms with van der Waals surface area (Å²) >= 11 is 0. The molecule has 3 aromatic rings. The molecule has 0 bridgehead atoms. The Morgan fingerprint density at radius 2 is 2.04 bits per heavy atom. The zero-order valence-electron chi connectivity index (χ0n) is 15.5. The fourth-order valence-corrected chi connectivity index (χ4v) is 3.30. The van der Waals surface area contributed by atoms with Crippen molar-refractivity contribution >= 4 is 11.9 Å². The number of amides is 1. The molecule has 1 N–H and O–H groups in total. The number of nitrogens with zero attached hydrogens (tertiary/aromatic N) is 3. The molecule has 1 saturated heterocycles. The van der Waals surface area contributed by atoms with Gasteiger partial charge in [-0.25, -0.2) is 9.97 Å². The Morgan fingerprint density at radius 3 is 2.82 bits per heavy atom. The number of carbonyl (C=O) groups excluding carboxylic acids is 1. The molecule has 28 heavy (non-hydrogen) atoms. The lowest BCUT2D eigenvalue weighted by atomic mass is 10.1. The Labute approximate surface area is 162 Å². The Hall–Kier alpha value is -3.48. The smallest absolute Gasteiger partial charge is 0.287 e. The van der Waals surface area contributed by atoms with Crippen LogP contribution in [0, 0.1) is 6.92 Å². The van der Waals surface area contributed by atoms with Gasteiger partial charge in [0.1, 0.15) is 5.76 Å². The Balaban J connectivity index is 1.44. The average molecular weight is 376 g/mol. The first-order valence-corrected chi connectivity index (χ1v) is 9.14. The summed E-state index contributed by atoms with van der Waals surface area (Å²) in [6.45, 7) is 2.98. The molecular weight excluding hydrogens is 356 g/mol. The molecule has 0 aliphatic carbocycles. The second-order valence-corrected chi connectivity index (χ2v) is 6.78. The minimum Gasteiger partial charge on any atom is -0.456 e. The van der Waals surface area contributed by atoms with E-state index in [0.717, 1.165) is 24.2 Å². The number of hydrogen-bond acceptors (Lipinski definition) is 6. The van der Waals surface area contributed by atoms with Crippen LogP contribution in [0.2, 0.25) is 0 Å². The molecule has 1 aliphatic heterocycles. The number of nitrogens with one attached hydrogen (secondary N) is 1. The maximum atomic E-state index is 12.4. The molecule has 0 radical (unpaired) electrons. The fourth-order valence-electron chi connectivity index (χ4n) is 3.30. The van der Waals surface area contributed by atoms with Crippen LogP contribution in [0.1, 0.15) is 22.7 Å². The van der Waals surface area contributed by atoms with Gasteiger partial charge in [-0.2, -0.15) is 0 Å². The van der Waals surface area contributed by atoms with Crippen LogP contribution in [0.5, 0.6) is 0 Å². The third kappa shape index (κ3) is 3.93. The largest absolute Gasteiger partial charge is 0.456 e. The highest BCUT2D eigenvalue weighted by Crippen LogP contribution is 2.21. The first-order valence-electron chi connectivity index (χ1n) is 9.14. The molecule has 4 rings (SSSR count). The van der Waals surface area contributed by atoms with Gasteiger partial charge in [0, 0.05) is 43.0 Å². The van der Waals surface area contributed by atoms with Gasteiger partial charge in [-0.3, -0.25) is 9.59 Å². The van der Waals surface area contributed by atoms with E-state index in [0.29, 0.717) is 18.3 Å². The number of rotatable bonds is 4. The monoisotopic (exact) mass is 376 g/mol. The lowest BCUT2D eigenvalue weighted by Gasteiger charge is -2.17. The molecule has 1 aliphatic rings. The van der Waals surface area contributed by atoms with Gasteiger partial charge in [0.15, 0.2) is 11.2 Å². The maximum absolute atomic E-state index is 12.4. The molecule has 7 nitrogen and oxygen atoms in total. The van der Waals surface area contributed by atoms with Crippen molar-refractivity contribution in [3.8, 4) is 11.3 Å². The summed E-state index contributed by atoms with van der Waals surface area (Å²) in [7, 11) is 0. The summed E-state index contributed by atoms with van der Waals surface area (Å²) in [5, 5.41) is 2.93. The van der Waals surface area contributed by atoms with Gasteiger partial charge < -0.3 is 14.6 Å². The van der Waals surface area contributed by atoms with Gasteiger partial charge in [-0.1, -0.05) is 30.3 Å². The quantitative estimate of drug-likeness (QED) is 0.752. The summed E-state index contributed by atoms with van der Waals surface area (Å²) in [6, 6.07) is 14.3. The predicted octanol–water partition coefficient (Wildman–Crippen LogP) is 2.41. The molecular formula is C21H20N4O3. The number of anilines is 1. The summed E-state index contributed by atoms with van der Waals surface area (Å²) in [5.41, 5.74) is 1.65. The van der Waals surface area contributed by atoms with Crippen LogP contribution in [-0.2, 0) is 0 Å². The summed E-state index contributed by atoms with van der Waals surface area (Å²) in [5.74, 6) is 0.703. The highest BCUT2D eigenvalue weighted by molar-refractivity contribution is 5.91. The van der Waals surface area contributed by atoms with Gasteiger partial charge in [-0.05, 0) is 19.4 Å². The van der Waals surface area contributed by atoms with Crippen LogP contribution in [0.25, 0.3) is 11.3 Å². The van der Waals surface area contributed by atoms with Crippen molar-refractivity contribution in [2.24, 2.45) is 0 Å². The van der Waals surface area contributed by atoms with Crippen molar-refractivity contribution in [1.29, 1.82) is 0 Å². The Bertz CT molecular complexity index is 1050. The van der Waals surface area contributed by atoms with Gasteiger partial charge in [0.2, 0.25) is 5.95 Å². The minimum absolute atomic E-state index is 0.0331. The third-order valence-corrected chi connectivity index (χ3v) is 4.63. The van der Waals surface area contributed by atoms with Crippen molar-refractivity contribution in [2.45, 2.75) is 19.4 Å². The second-order valence-electron chi connectivity index (χ2n) is 6.78. The average Bonchev–Trinajstić information content (AvgIpc) is 3.16. The fraction of sp³-hybridized carbons (Fsp3) is 0.238. The Kier molecular flexibility index (Phi) is 4.89. The summed E-state index contributed by atoms with van der Waals surface area (Å²) < 4.78 is 5.36. The van der Waals surface area contributed by atoms with E-state index < -0.39 is 0 Å². The maximum Gasteiger partial charge on any atom is 0.287 e.